The largest absolute Gasteiger partial charge is 0.495 e. The summed E-state index contributed by atoms with van der Waals surface area (Å²) in [6.45, 7) is 4.35. The smallest absolute Gasteiger partial charge is 0.435 e. The first-order valence-corrected chi connectivity index (χ1v) is 11.1. The molecular weight excluding hydrogens is 461 g/mol. The lowest BCUT2D eigenvalue weighted by Crippen LogP contribution is -2.49. The van der Waals surface area contributed by atoms with Gasteiger partial charge in [-0.15, -0.1) is 0 Å². The molecule has 2 aromatic rings. The first-order chi connectivity index (χ1) is 15.5. The Hall–Kier alpha value is -2.46. The number of carbonyl (C=O) groups is 1. The van der Waals surface area contributed by atoms with Gasteiger partial charge in [0.2, 0.25) is 5.91 Å². The second-order valence-electron chi connectivity index (χ2n) is 8.29. The fraction of sp³-hybridized carbons (Fsp3) is 0.545. The van der Waals surface area contributed by atoms with Gasteiger partial charge in [-0.25, -0.2) is 0 Å². The number of aryl methyl sites for hydroxylation is 1. The van der Waals surface area contributed by atoms with Crippen LogP contribution in [0.1, 0.15) is 31.2 Å². The summed E-state index contributed by atoms with van der Waals surface area (Å²) in [6.07, 6.45) is -4.37. The summed E-state index contributed by atoms with van der Waals surface area (Å²) in [6, 6.07) is 6.05. The Morgan fingerprint density at radius 1 is 1.33 bits per heavy atom. The number of aliphatic hydroxyl groups is 1. The number of nitrogens with zero attached hydrogens (tertiary/aromatic N) is 3. The zero-order chi connectivity index (χ0) is 24.3. The van der Waals surface area contributed by atoms with E-state index in [4.69, 9.17) is 16.3 Å². The molecule has 0 saturated carbocycles. The topological polar surface area (TPSA) is 79.6 Å². The summed E-state index contributed by atoms with van der Waals surface area (Å²) in [5, 5.41) is 16.7. The fourth-order valence-electron chi connectivity index (χ4n) is 4.04. The van der Waals surface area contributed by atoms with Gasteiger partial charge in [0.25, 0.3) is 0 Å². The van der Waals surface area contributed by atoms with Gasteiger partial charge in [0.15, 0.2) is 5.69 Å². The number of methoxy groups -OCH3 is 1. The molecule has 2 N–H and O–H groups in total. The van der Waals surface area contributed by atoms with Gasteiger partial charge in [-0.3, -0.25) is 9.48 Å². The number of carbonyl (C=O) groups excluding carboxylic acids is 1. The van der Waals surface area contributed by atoms with E-state index in [0.29, 0.717) is 42.4 Å². The van der Waals surface area contributed by atoms with Crippen LogP contribution in [0.15, 0.2) is 24.3 Å². The molecule has 2 atom stereocenters. The number of benzene rings is 1. The SMILES string of the molecule is COc1cc(N2CCC(C(Cn3nc(C(F)(F)F)cc3C)NC(=O)[C@@H](C)O)CC2)ccc1Cl. The Kier molecular flexibility index (Phi) is 7.79. The molecule has 1 aromatic heterocycles. The van der Waals surface area contributed by atoms with Crippen LogP contribution in [0, 0.1) is 12.8 Å². The Bertz CT molecular complexity index is 972. The van der Waals surface area contributed by atoms with Gasteiger partial charge < -0.3 is 20.1 Å². The normalized spacial score (nSPS) is 17.0. The quantitative estimate of drug-likeness (QED) is 0.622. The molecular formula is C22H28ClF3N4O3. The molecule has 1 fully saturated rings. The summed E-state index contributed by atoms with van der Waals surface area (Å²) in [5.74, 6) is 0.00907. The summed E-state index contributed by atoms with van der Waals surface area (Å²) in [4.78, 5) is 14.4. The molecule has 33 heavy (non-hydrogen) atoms. The van der Waals surface area contributed by atoms with Crippen molar-refractivity contribution >= 4 is 23.2 Å². The molecule has 182 valence electrons. The molecule has 0 radical (unpaired) electrons. The average molecular weight is 489 g/mol. The van der Waals surface area contributed by atoms with Crippen molar-refractivity contribution < 1.29 is 27.8 Å². The number of aromatic nitrogens is 2. The Morgan fingerprint density at radius 2 is 2.00 bits per heavy atom. The van der Waals surface area contributed by atoms with Crippen LogP contribution in [0.5, 0.6) is 5.75 Å². The van der Waals surface area contributed by atoms with Crippen LogP contribution in [0.4, 0.5) is 18.9 Å². The van der Waals surface area contributed by atoms with Crippen molar-refractivity contribution in [2.24, 2.45) is 5.92 Å². The Balaban J connectivity index is 1.74. The zero-order valence-corrected chi connectivity index (χ0v) is 19.5. The lowest BCUT2D eigenvalue weighted by molar-refractivity contribution is -0.141. The second kappa shape index (κ2) is 10.2. The first kappa shape index (κ1) is 25.2. The summed E-state index contributed by atoms with van der Waals surface area (Å²) in [7, 11) is 1.55. The molecule has 1 amide bonds. The third kappa shape index (κ3) is 6.11. The standard InChI is InChI=1S/C22H28ClF3N4O3/c1-13-10-20(22(24,25)26)28-30(13)12-18(27-21(32)14(2)31)15-6-8-29(9-7-15)16-4-5-17(23)19(11-16)33-3/h4-5,10-11,14-15,18,31H,6-9,12H2,1-3H3,(H,27,32)/t14-,18?/m1/s1. The third-order valence-electron chi connectivity index (χ3n) is 5.96. The Morgan fingerprint density at radius 3 is 2.55 bits per heavy atom. The van der Waals surface area contributed by atoms with Crippen LogP contribution >= 0.6 is 11.6 Å². The molecule has 1 unspecified atom stereocenters. The maximum absolute atomic E-state index is 13.1. The van der Waals surface area contributed by atoms with E-state index in [1.807, 2.05) is 12.1 Å². The molecule has 1 aromatic carbocycles. The molecule has 3 rings (SSSR count). The lowest BCUT2D eigenvalue weighted by Gasteiger charge is -2.38. The minimum atomic E-state index is -4.54. The summed E-state index contributed by atoms with van der Waals surface area (Å²) >= 11 is 6.11. The van der Waals surface area contributed by atoms with Gasteiger partial charge in [-0.05, 0) is 50.8 Å². The van der Waals surface area contributed by atoms with Crippen LogP contribution < -0.4 is 15.0 Å². The fourth-order valence-corrected chi connectivity index (χ4v) is 4.24. The third-order valence-corrected chi connectivity index (χ3v) is 6.27. The van der Waals surface area contributed by atoms with Gasteiger partial charge in [0, 0.05) is 30.5 Å². The van der Waals surface area contributed by atoms with Crippen LogP contribution in [0.25, 0.3) is 0 Å². The van der Waals surface area contributed by atoms with E-state index >= 15 is 0 Å². The molecule has 7 nitrogen and oxygen atoms in total. The van der Waals surface area contributed by atoms with Crippen LogP contribution in [-0.2, 0) is 17.5 Å². The van der Waals surface area contributed by atoms with E-state index in [-0.39, 0.29) is 12.5 Å². The maximum Gasteiger partial charge on any atom is 0.435 e. The highest BCUT2D eigenvalue weighted by atomic mass is 35.5. The molecule has 1 aliphatic heterocycles. The molecule has 0 aliphatic carbocycles. The van der Waals surface area contributed by atoms with Gasteiger partial charge >= 0.3 is 6.18 Å². The van der Waals surface area contributed by atoms with Gasteiger partial charge in [0.05, 0.1) is 24.7 Å². The first-order valence-electron chi connectivity index (χ1n) is 10.7. The predicted octanol–water partition coefficient (Wildman–Crippen LogP) is 3.65. The average Bonchev–Trinajstić information content (AvgIpc) is 3.14. The maximum atomic E-state index is 13.1. The number of anilines is 1. The monoisotopic (exact) mass is 488 g/mol. The van der Waals surface area contributed by atoms with E-state index in [1.165, 1.54) is 11.6 Å². The number of amides is 1. The van der Waals surface area contributed by atoms with Crippen molar-refractivity contribution in [3.05, 3.63) is 40.7 Å². The highest BCUT2D eigenvalue weighted by Gasteiger charge is 2.35. The molecule has 0 spiro atoms. The minimum absolute atomic E-state index is 0.00363. The van der Waals surface area contributed by atoms with E-state index < -0.39 is 29.9 Å². The second-order valence-corrected chi connectivity index (χ2v) is 8.69. The lowest BCUT2D eigenvalue weighted by atomic mass is 9.88. The number of halogens is 4. The van der Waals surface area contributed by atoms with Crippen molar-refractivity contribution in [3.8, 4) is 5.75 Å². The zero-order valence-electron chi connectivity index (χ0n) is 18.7. The van der Waals surface area contributed by atoms with Crippen molar-refractivity contribution in [1.29, 1.82) is 0 Å². The summed E-state index contributed by atoms with van der Waals surface area (Å²) in [5.41, 5.74) is 0.341. The van der Waals surface area contributed by atoms with Crippen molar-refractivity contribution in [3.63, 3.8) is 0 Å². The van der Waals surface area contributed by atoms with E-state index in [0.717, 1.165) is 11.8 Å². The van der Waals surface area contributed by atoms with Crippen LogP contribution in [0.3, 0.4) is 0 Å². The highest BCUT2D eigenvalue weighted by molar-refractivity contribution is 6.32. The van der Waals surface area contributed by atoms with E-state index in [2.05, 4.69) is 15.3 Å². The van der Waals surface area contributed by atoms with E-state index in [9.17, 15) is 23.1 Å². The molecule has 2 heterocycles. The molecule has 0 bridgehead atoms. The number of nitrogens with one attached hydrogen (secondary N) is 1. The molecule has 11 heteroatoms. The number of piperidine rings is 1. The van der Waals surface area contributed by atoms with E-state index in [1.54, 1.807) is 20.1 Å². The number of aliphatic hydroxyl groups excluding tert-OH is 1. The summed E-state index contributed by atoms with van der Waals surface area (Å²) < 4.78 is 45.8. The Labute approximate surface area is 195 Å². The van der Waals surface area contributed by atoms with Gasteiger partial charge in [-0.2, -0.15) is 18.3 Å². The van der Waals surface area contributed by atoms with Crippen LogP contribution in [0.2, 0.25) is 5.02 Å². The number of rotatable bonds is 7. The molecule has 1 aliphatic rings. The van der Waals surface area contributed by atoms with Gasteiger partial charge in [-0.1, -0.05) is 11.6 Å². The van der Waals surface area contributed by atoms with Crippen molar-refractivity contribution in [1.82, 2.24) is 15.1 Å². The number of ether oxygens (including phenoxy) is 1. The van der Waals surface area contributed by atoms with Crippen molar-refractivity contribution in [2.45, 2.75) is 51.6 Å². The van der Waals surface area contributed by atoms with Crippen LogP contribution in [-0.4, -0.2) is 53.1 Å². The molecule has 1 saturated heterocycles. The number of hydrogen-bond donors (Lipinski definition) is 2. The number of alkyl halides is 3. The number of hydrogen-bond acceptors (Lipinski definition) is 5. The van der Waals surface area contributed by atoms with Crippen molar-refractivity contribution in [2.75, 3.05) is 25.1 Å². The minimum Gasteiger partial charge on any atom is -0.495 e. The van der Waals surface area contributed by atoms with Gasteiger partial charge in [0.1, 0.15) is 11.9 Å². The predicted molar refractivity (Wildman–Crippen MR) is 119 cm³/mol. The highest BCUT2D eigenvalue weighted by Crippen LogP contribution is 2.33.